The average Bonchev–Trinajstić information content (AvgIpc) is 2.86. The lowest BCUT2D eigenvalue weighted by molar-refractivity contribution is 0.143. The molecule has 3 fully saturated rings. The molecule has 0 atom stereocenters. The third-order valence-corrected chi connectivity index (χ3v) is 7.37. The first kappa shape index (κ1) is 14.6. The molecule has 2 heterocycles. The Balaban J connectivity index is 1.39. The Morgan fingerprint density at radius 2 is 1.42 bits per heavy atom. The molecule has 0 aromatic rings. The quantitative estimate of drug-likeness (QED) is 0.862. The van der Waals surface area contributed by atoms with Gasteiger partial charge in [-0.25, -0.2) is 0 Å². The molecule has 0 radical (unpaired) electrons. The Hall–Kier alpha value is 0.620. The molecule has 1 saturated carbocycles. The highest BCUT2D eigenvalue weighted by molar-refractivity contribution is 8.03. The summed E-state index contributed by atoms with van der Waals surface area (Å²) < 4.78 is 0. The summed E-state index contributed by atoms with van der Waals surface area (Å²) in [6.07, 6.45) is 8.63. The third-order valence-electron chi connectivity index (χ3n) is 4.85. The fourth-order valence-corrected chi connectivity index (χ4v) is 6.17. The first-order chi connectivity index (χ1) is 9.42. The van der Waals surface area contributed by atoms with Crippen molar-refractivity contribution in [3.8, 4) is 0 Å². The number of nitrogens with zero attached hydrogens (tertiary/aromatic N) is 1. The number of rotatable bonds is 3. The van der Waals surface area contributed by atoms with Crippen LogP contribution >= 0.6 is 23.5 Å². The Kier molecular flexibility index (Phi) is 5.80. The van der Waals surface area contributed by atoms with Crippen molar-refractivity contribution in [2.45, 2.75) is 56.7 Å². The summed E-state index contributed by atoms with van der Waals surface area (Å²) in [6, 6.07) is 2.49. The zero-order chi connectivity index (χ0) is 12.9. The van der Waals surface area contributed by atoms with Crippen LogP contribution in [0.2, 0.25) is 0 Å². The minimum absolute atomic E-state index is 0.764. The van der Waals surface area contributed by atoms with E-state index in [9.17, 15) is 0 Å². The van der Waals surface area contributed by atoms with Crippen LogP contribution in [-0.2, 0) is 0 Å². The van der Waals surface area contributed by atoms with Gasteiger partial charge in [0.25, 0.3) is 0 Å². The molecule has 2 aliphatic heterocycles. The molecule has 0 bridgehead atoms. The molecule has 19 heavy (non-hydrogen) atoms. The van der Waals surface area contributed by atoms with E-state index in [-0.39, 0.29) is 0 Å². The van der Waals surface area contributed by atoms with Gasteiger partial charge in [-0.2, -0.15) is 23.5 Å². The van der Waals surface area contributed by atoms with Crippen LogP contribution in [0.4, 0.5) is 0 Å². The number of nitrogens with one attached hydrogen (secondary N) is 1. The highest BCUT2D eigenvalue weighted by Gasteiger charge is 2.28. The summed E-state index contributed by atoms with van der Waals surface area (Å²) >= 11 is 4.28. The van der Waals surface area contributed by atoms with Gasteiger partial charge in [-0.1, -0.05) is 12.8 Å². The van der Waals surface area contributed by atoms with Gasteiger partial charge < -0.3 is 10.2 Å². The predicted molar refractivity (Wildman–Crippen MR) is 88.4 cm³/mol. The third kappa shape index (κ3) is 4.29. The maximum Gasteiger partial charge on any atom is 0.0251 e. The van der Waals surface area contributed by atoms with Crippen molar-refractivity contribution in [2.24, 2.45) is 0 Å². The Bertz CT molecular complexity index is 253. The van der Waals surface area contributed by atoms with Gasteiger partial charge in [0, 0.05) is 41.1 Å². The zero-order valence-corrected chi connectivity index (χ0v) is 13.6. The van der Waals surface area contributed by atoms with E-state index >= 15 is 0 Å². The molecular formula is C15H28N2S2. The van der Waals surface area contributed by atoms with Crippen LogP contribution in [0.1, 0.15) is 38.5 Å². The van der Waals surface area contributed by atoms with Crippen molar-refractivity contribution >= 4 is 23.5 Å². The van der Waals surface area contributed by atoms with Gasteiger partial charge in [0.15, 0.2) is 0 Å². The molecule has 0 aromatic carbocycles. The first-order valence-electron chi connectivity index (χ1n) is 8.07. The average molecular weight is 301 g/mol. The highest BCUT2D eigenvalue weighted by atomic mass is 32.2. The van der Waals surface area contributed by atoms with E-state index in [4.69, 9.17) is 0 Å². The largest absolute Gasteiger partial charge is 0.309 e. The molecule has 0 unspecified atom stereocenters. The van der Waals surface area contributed by atoms with Crippen molar-refractivity contribution in [3.05, 3.63) is 0 Å². The van der Waals surface area contributed by atoms with Crippen molar-refractivity contribution in [3.63, 3.8) is 0 Å². The molecule has 0 spiro atoms. The Morgan fingerprint density at radius 1 is 0.789 bits per heavy atom. The molecule has 1 N–H and O–H groups in total. The van der Waals surface area contributed by atoms with E-state index in [2.05, 4.69) is 33.7 Å². The van der Waals surface area contributed by atoms with Crippen LogP contribution in [0.3, 0.4) is 0 Å². The lowest BCUT2D eigenvalue weighted by Gasteiger charge is -2.37. The molecule has 3 aliphatic rings. The van der Waals surface area contributed by atoms with Gasteiger partial charge in [0.2, 0.25) is 0 Å². The number of thioether (sulfide) groups is 2. The zero-order valence-electron chi connectivity index (χ0n) is 12.0. The van der Waals surface area contributed by atoms with Crippen LogP contribution in [0.5, 0.6) is 0 Å². The lowest BCUT2D eigenvalue weighted by atomic mass is 10.0. The van der Waals surface area contributed by atoms with Crippen LogP contribution in [0, 0.1) is 0 Å². The Labute approximate surface area is 126 Å². The van der Waals surface area contributed by atoms with Gasteiger partial charge in [-0.15, -0.1) is 0 Å². The standard InChI is InChI=1S/C15H28N2S2/c1-2-4-15(3-1)17-7-5-13(6-8-17)16-14-11-18-9-10-19-12-14/h13-16H,1-12H2. The second-order valence-electron chi connectivity index (χ2n) is 6.26. The molecule has 0 amide bonds. The van der Waals surface area contributed by atoms with E-state index < -0.39 is 0 Å². The van der Waals surface area contributed by atoms with E-state index in [1.165, 1.54) is 74.6 Å². The number of hydrogen-bond acceptors (Lipinski definition) is 4. The van der Waals surface area contributed by atoms with Crippen molar-refractivity contribution < 1.29 is 0 Å². The molecule has 110 valence electrons. The summed E-state index contributed by atoms with van der Waals surface area (Å²) in [5.41, 5.74) is 0. The SMILES string of the molecule is C1CCC(N2CCC(NC3CSCCSC3)CC2)C1. The monoisotopic (exact) mass is 300 g/mol. The molecule has 4 heteroatoms. The van der Waals surface area contributed by atoms with Crippen LogP contribution < -0.4 is 5.32 Å². The van der Waals surface area contributed by atoms with Crippen LogP contribution in [0.25, 0.3) is 0 Å². The predicted octanol–water partition coefficient (Wildman–Crippen LogP) is 2.83. The van der Waals surface area contributed by atoms with Gasteiger partial charge in [0.05, 0.1) is 0 Å². The molecule has 0 aromatic heterocycles. The van der Waals surface area contributed by atoms with Gasteiger partial charge in [0.1, 0.15) is 0 Å². The molecule has 3 rings (SSSR count). The van der Waals surface area contributed by atoms with Gasteiger partial charge in [-0.05, 0) is 38.8 Å². The summed E-state index contributed by atoms with van der Waals surface area (Å²) in [6.45, 7) is 2.69. The summed E-state index contributed by atoms with van der Waals surface area (Å²) in [7, 11) is 0. The van der Waals surface area contributed by atoms with Gasteiger partial charge >= 0.3 is 0 Å². The second-order valence-corrected chi connectivity index (χ2v) is 8.56. The van der Waals surface area contributed by atoms with Gasteiger partial charge in [-0.3, -0.25) is 0 Å². The summed E-state index contributed by atoms with van der Waals surface area (Å²) in [5, 5.41) is 3.94. The summed E-state index contributed by atoms with van der Waals surface area (Å²) in [4.78, 5) is 2.78. The topological polar surface area (TPSA) is 15.3 Å². The molecule has 2 nitrogen and oxygen atoms in total. The van der Waals surface area contributed by atoms with Crippen LogP contribution in [0.15, 0.2) is 0 Å². The smallest absolute Gasteiger partial charge is 0.0251 e. The number of likely N-dealkylation sites (tertiary alicyclic amines) is 1. The molecule has 2 saturated heterocycles. The highest BCUT2D eigenvalue weighted by Crippen LogP contribution is 2.26. The minimum atomic E-state index is 0.764. The van der Waals surface area contributed by atoms with Crippen LogP contribution in [-0.4, -0.2) is 59.1 Å². The molecular weight excluding hydrogens is 272 g/mol. The maximum atomic E-state index is 3.94. The van der Waals surface area contributed by atoms with E-state index in [1.807, 2.05) is 0 Å². The second kappa shape index (κ2) is 7.58. The van der Waals surface area contributed by atoms with E-state index in [1.54, 1.807) is 0 Å². The lowest BCUT2D eigenvalue weighted by Crippen LogP contribution is -2.49. The first-order valence-corrected chi connectivity index (χ1v) is 10.4. The fraction of sp³-hybridized carbons (Fsp3) is 1.00. The fourth-order valence-electron chi connectivity index (χ4n) is 3.75. The number of hydrogen-bond donors (Lipinski definition) is 1. The molecule has 1 aliphatic carbocycles. The van der Waals surface area contributed by atoms with Crippen molar-refractivity contribution in [1.82, 2.24) is 10.2 Å². The van der Waals surface area contributed by atoms with Crippen molar-refractivity contribution in [2.75, 3.05) is 36.1 Å². The summed E-state index contributed by atoms with van der Waals surface area (Å²) in [5.74, 6) is 5.36. The van der Waals surface area contributed by atoms with Crippen molar-refractivity contribution in [1.29, 1.82) is 0 Å². The number of piperidine rings is 1. The minimum Gasteiger partial charge on any atom is -0.309 e. The Morgan fingerprint density at radius 3 is 2.05 bits per heavy atom. The van der Waals surface area contributed by atoms with E-state index in [0.717, 1.165) is 18.1 Å². The normalized spacial score (nSPS) is 29.7. The van der Waals surface area contributed by atoms with E-state index in [0.29, 0.717) is 0 Å². The maximum absolute atomic E-state index is 3.94.